The summed E-state index contributed by atoms with van der Waals surface area (Å²) in [4.78, 5) is 15.7. The van der Waals surface area contributed by atoms with Crippen molar-refractivity contribution in [3.63, 3.8) is 0 Å². The normalized spacial score (nSPS) is 18.6. The zero-order valence-electron chi connectivity index (χ0n) is 9.77. The molecule has 18 heavy (non-hydrogen) atoms. The highest BCUT2D eigenvalue weighted by Gasteiger charge is 2.24. The maximum Gasteiger partial charge on any atom is 0.229 e. The number of nitriles is 1. The molecular formula is C12H12N4O2. The summed E-state index contributed by atoms with van der Waals surface area (Å²) in [5.41, 5.74) is 1.56. The number of phenols is 1. The zero-order chi connectivity index (χ0) is 13.1. The van der Waals surface area contributed by atoms with Gasteiger partial charge in [0.25, 0.3) is 0 Å². The van der Waals surface area contributed by atoms with Crippen LogP contribution in [0.15, 0.2) is 23.2 Å². The first kappa shape index (κ1) is 11.9. The number of aromatic hydroxyl groups is 1. The molecule has 6 heteroatoms. The molecule has 6 nitrogen and oxygen atoms in total. The van der Waals surface area contributed by atoms with Crippen LogP contribution in [0.1, 0.15) is 23.6 Å². The first-order chi connectivity index (χ1) is 8.60. The highest BCUT2D eigenvalue weighted by atomic mass is 16.3. The van der Waals surface area contributed by atoms with Crippen molar-refractivity contribution in [3.8, 4) is 11.9 Å². The van der Waals surface area contributed by atoms with Crippen LogP contribution in [0, 0.1) is 18.4 Å². The average molecular weight is 244 g/mol. The predicted molar refractivity (Wildman–Crippen MR) is 64.5 cm³/mol. The summed E-state index contributed by atoms with van der Waals surface area (Å²) in [6, 6.07) is 4.66. The molecule has 1 heterocycles. The second kappa shape index (κ2) is 4.75. The third kappa shape index (κ3) is 2.40. The molecule has 0 unspecified atom stereocenters. The van der Waals surface area contributed by atoms with E-state index in [0.29, 0.717) is 5.56 Å². The van der Waals surface area contributed by atoms with Crippen LogP contribution < -0.4 is 10.6 Å². The van der Waals surface area contributed by atoms with Gasteiger partial charge < -0.3 is 5.11 Å². The van der Waals surface area contributed by atoms with Gasteiger partial charge in [-0.25, -0.2) is 4.99 Å². The molecule has 0 spiro atoms. The predicted octanol–water partition coefficient (Wildman–Crippen LogP) is 0.688. The Morgan fingerprint density at radius 3 is 3.11 bits per heavy atom. The minimum absolute atomic E-state index is 0.0976. The SMILES string of the molecule is Cc1ccc(O)c([C@@H]2CC(=O)NC(NC#N)=N2)c1. The van der Waals surface area contributed by atoms with Gasteiger partial charge in [-0.2, -0.15) is 5.26 Å². The van der Waals surface area contributed by atoms with E-state index in [1.54, 1.807) is 24.4 Å². The van der Waals surface area contributed by atoms with Crippen molar-refractivity contribution in [1.29, 1.82) is 5.26 Å². The van der Waals surface area contributed by atoms with Crippen LogP contribution in [0.3, 0.4) is 0 Å². The number of carbonyl (C=O) groups is 1. The van der Waals surface area contributed by atoms with Gasteiger partial charge in [0, 0.05) is 5.56 Å². The number of hydrogen-bond donors (Lipinski definition) is 3. The number of hydrogen-bond acceptors (Lipinski definition) is 5. The molecule has 0 saturated carbocycles. The van der Waals surface area contributed by atoms with Crippen molar-refractivity contribution in [2.75, 3.05) is 0 Å². The number of rotatable bonds is 1. The first-order valence-electron chi connectivity index (χ1n) is 5.42. The van der Waals surface area contributed by atoms with E-state index in [1.807, 2.05) is 6.92 Å². The van der Waals surface area contributed by atoms with Crippen molar-refractivity contribution >= 4 is 11.9 Å². The summed E-state index contributed by atoms with van der Waals surface area (Å²) in [7, 11) is 0. The molecule has 1 aliphatic rings. The lowest BCUT2D eigenvalue weighted by molar-refractivity contribution is -0.120. The van der Waals surface area contributed by atoms with Crippen LogP contribution in [0.2, 0.25) is 0 Å². The summed E-state index contributed by atoms with van der Waals surface area (Å²) in [5, 5.41) is 23.1. The molecule has 0 aromatic heterocycles. The summed E-state index contributed by atoms with van der Waals surface area (Å²) >= 11 is 0. The third-order valence-corrected chi connectivity index (χ3v) is 2.64. The Balaban J connectivity index is 2.37. The molecule has 1 aliphatic heterocycles. The van der Waals surface area contributed by atoms with E-state index in [1.165, 1.54) is 0 Å². The second-order valence-electron chi connectivity index (χ2n) is 4.04. The van der Waals surface area contributed by atoms with Crippen LogP contribution in [-0.2, 0) is 4.79 Å². The number of amides is 1. The largest absolute Gasteiger partial charge is 0.508 e. The molecule has 1 aromatic carbocycles. The van der Waals surface area contributed by atoms with Gasteiger partial charge in [-0.3, -0.25) is 15.4 Å². The Kier molecular flexibility index (Phi) is 3.15. The Hall–Kier alpha value is -2.55. The topological polar surface area (TPSA) is 97.5 Å². The molecule has 3 N–H and O–H groups in total. The third-order valence-electron chi connectivity index (χ3n) is 2.64. The van der Waals surface area contributed by atoms with Gasteiger partial charge in [0.15, 0.2) is 6.19 Å². The molecule has 1 aromatic rings. The van der Waals surface area contributed by atoms with Crippen LogP contribution in [0.5, 0.6) is 5.75 Å². The van der Waals surface area contributed by atoms with Gasteiger partial charge >= 0.3 is 0 Å². The number of phenolic OH excluding ortho intramolecular Hbond substituents is 1. The quantitative estimate of drug-likeness (QED) is 0.500. The standard InChI is InChI=1S/C12H12N4O2/c1-7-2-3-10(17)8(4-7)9-5-11(18)16-12(15-9)14-6-13/h2-4,9,17H,5H2,1H3,(H2,14,15,16,18)/t9-/m0/s1. The van der Waals surface area contributed by atoms with Crippen LogP contribution in [-0.4, -0.2) is 17.0 Å². The summed E-state index contributed by atoms with van der Waals surface area (Å²) in [6.07, 6.45) is 1.84. The maximum atomic E-state index is 11.5. The lowest BCUT2D eigenvalue weighted by atomic mass is 10.00. The zero-order valence-corrected chi connectivity index (χ0v) is 9.77. The molecule has 0 radical (unpaired) electrons. The van der Waals surface area contributed by atoms with E-state index in [0.717, 1.165) is 5.56 Å². The van der Waals surface area contributed by atoms with Gasteiger partial charge in [-0.05, 0) is 13.0 Å². The van der Waals surface area contributed by atoms with Crippen molar-refractivity contribution in [2.45, 2.75) is 19.4 Å². The molecule has 0 bridgehead atoms. The number of nitrogens with zero attached hydrogens (tertiary/aromatic N) is 2. The maximum absolute atomic E-state index is 11.5. The fourth-order valence-corrected chi connectivity index (χ4v) is 1.83. The number of guanidine groups is 1. The van der Waals surface area contributed by atoms with Crippen LogP contribution >= 0.6 is 0 Å². The van der Waals surface area contributed by atoms with Crippen LogP contribution in [0.25, 0.3) is 0 Å². The molecule has 1 atom stereocenters. The van der Waals surface area contributed by atoms with E-state index in [9.17, 15) is 9.90 Å². The van der Waals surface area contributed by atoms with Gasteiger partial charge in [-0.15, -0.1) is 0 Å². The number of nitrogens with one attached hydrogen (secondary N) is 2. The number of carbonyl (C=O) groups excluding carboxylic acids is 1. The fraction of sp³-hybridized carbons (Fsp3) is 0.250. The van der Waals surface area contributed by atoms with E-state index < -0.39 is 6.04 Å². The van der Waals surface area contributed by atoms with Gasteiger partial charge in [0.05, 0.1) is 12.5 Å². The summed E-state index contributed by atoms with van der Waals surface area (Å²) in [5.74, 6) is -0.0336. The van der Waals surface area contributed by atoms with Gasteiger partial charge in [0.1, 0.15) is 5.75 Å². The number of benzene rings is 1. The molecule has 0 aliphatic carbocycles. The van der Waals surface area contributed by atoms with Crippen LogP contribution in [0.4, 0.5) is 0 Å². The molecule has 0 saturated heterocycles. The van der Waals surface area contributed by atoms with Gasteiger partial charge in [-0.1, -0.05) is 17.7 Å². The average Bonchev–Trinajstić information content (AvgIpc) is 2.32. The minimum atomic E-state index is -0.477. The highest BCUT2D eigenvalue weighted by molar-refractivity contribution is 5.99. The molecule has 92 valence electrons. The smallest absolute Gasteiger partial charge is 0.229 e. The first-order valence-corrected chi connectivity index (χ1v) is 5.42. The monoisotopic (exact) mass is 244 g/mol. The molecule has 0 fully saturated rings. The molecule has 1 amide bonds. The van der Waals surface area contributed by atoms with E-state index in [-0.39, 0.29) is 24.0 Å². The molecule has 2 rings (SSSR count). The van der Waals surface area contributed by atoms with Crippen molar-refractivity contribution < 1.29 is 9.90 Å². The van der Waals surface area contributed by atoms with E-state index >= 15 is 0 Å². The van der Waals surface area contributed by atoms with Crippen molar-refractivity contribution in [3.05, 3.63) is 29.3 Å². The van der Waals surface area contributed by atoms with E-state index in [4.69, 9.17) is 5.26 Å². The van der Waals surface area contributed by atoms with Crippen molar-refractivity contribution in [2.24, 2.45) is 4.99 Å². The Bertz CT molecular complexity index is 560. The Morgan fingerprint density at radius 2 is 2.39 bits per heavy atom. The lowest BCUT2D eigenvalue weighted by Gasteiger charge is -2.21. The van der Waals surface area contributed by atoms with Gasteiger partial charge in [0.2, 0.25) is 11.9 Å². The fourth-order valence-electron chi connectivity index (χ4n) is 1.83. The second-order valence-corrected chi connectivity index (χ2v) is 4.04. The minimum Gasteiger partial charge on any atom is -0.508 e. The Morgan fingerprint density at radius 1 is 1.61 bits per heavy atom. The summed E-state index contributed by atoms with van der Waals surface area (Å²) < 4.78 is 0. The summed E-state index contributed by atoms with van der Waals surface area (Å²) in [6.45, 7) is 1.89. The Labute approximate surface area is 104 Å². The molecular weight excluding hydrogens is 232 g/mol. The number of aliphatic imine (C=N–C) groups is 1. The van der Waals surface area contributed by atoms with Crippen molar-refractivity contribution in [1.82, 2.24) is 10.6 Å². The van der Waals surface area contributed by atoms with E-state index in [2.05, 4.69) is 15.6 Å². The highest BCUT2D eigenvalue weighted by Crippen LogP contribution is 2.31. The lowest BCUT2D eigenvalue weighted by Crippen LogP contribution is -2.42. The number of aryl methyl sites for hydroxylation is 1.